The second-order valence-electron chi connectivity index (χ2n) is 4.48. The van der Waals surface area contributed by atoms with Crippen LogP contribution < -0.4 is 5.32 Å². The van der Waals surface area contributed by atoms with Crippen LogP contribution in [0.4, 0.5) is 0 Å². The van der Waals surface area contributed by atoms with Gasteiger partial charge in [-0.15, -0.1) is 0 Å². The molecular formula is C12H21N3. The Bertz CT molecular complexity index is 271. The van der Waals surface area contributed by atoms with Gasteiger partial charge in [0.1, 0.15) is 0 Å². The number of hydrogen-bond acceptors (Lipinski definition) is 3. The van der Waals surface area contributed by atoms with Gasteiger partial charge in [0, 0.05) is 24.6 Å². The van der Waals surface area contributed by atoms with E-state index in [2.05, 4.69) is 43.0 Å². The van der Waals surface area contributed by atoms with Gasteiger partial charge in [-0.1, -0.05) is 20.8 Å². The van der Waals surface area contributed by atoms with Gasteiger partial charge in [0.2, 0.25) is 0 Å². The third-order valence-electron chi connectivity index (χ3n) is 2.91. The number of rotatable bonds is 5. The van der Waals surface area contributed by atoms with Gasteiger partial charge in [0.25, 0.3) is 0 Å². The summed E-state index contributed by atoms with van der Waals surface area (Å²) in [6.45, 7) is 9.91. The van der Waals surface area contributed by atoms with Crippen molar-refractivity contribution >= 4 is 0 Å². The van der Waals surface area contributed by atoms with E-state index in [1.54, 1.807) is 12.4 Å². The molecule has 0 radical (unpaired) electrons. The first-order valence-corrected chi connectivity index (χ1v) is 5.60. The predicted molar refractivity (Wildman–Crippen MR) is 62.5 cm³/mol. The van der Waals surface area contributed by atoms with E-state index in [-0.39, 0.29) is 6.04 Å². The van der Waals surface area contributed by atoms with Crippen LogP contribution in [0.5, 0.6) is 0 Å². The highest BCUT2D eigenvalue weighted by atomic mass is 14.9. The molecule has 1 aromatic heterocycles. The SMILES string of the molecule is CC(NCC(C)C(C)C)c1cnccn1. The second-order valence-corrected chi connectivity index (χ2v) is 4.48. The smallest absolute Gasteiger partial charge is 0.0753 e. The average molecular weight is 207 g/mol. The summed E-state index contributed by atoms with van der Waals surface area (Å²) in [5.41, 5.74) is 1.01. The van der Waals surface area contributed by atoms with Crippen LogP contribution in [-0.2, 0) is 0 Å². The van der Waals surface area contributed by atoms with E-state index in [4.69, 9.17) is 0 Å². The van der Waals surface area contributed by atoms with E-state index in [1.165, 1.54) is 0 Å². The van der Waals surface area contributed by atoms with Crippen LogP contribution in [0.15, 0.2) is 18.6 Å². The Morgan fingerprint density at radius 2 is 1.93 bits per heavy atom. The summed E-state index contributed by atoms with van der Waals surface area (Å²) in [5, 5.41) is 3.48. The standard InChI is InChI=1S/C12H21N3/c1-9(2)10(3)7-15-11(4)12-8-13-5-6-14-12/h5-6,8-11,15H,7H2,1-4H3. The van der Waals surface area contributed by atoms with Crippen LogP contribution in [0.3, 0.4) is 0 Å². The molecule has 0 amide bonds. The highest BCUT2D eigenvalue weighted by molar-refractivity contribution is 5.00. The van der Waals surface area contributed by atoms with Crippen molar-refractivity contribution in [2.24, 2.45) is 11.8 Å². The van der Waals surface area contributed by atoms with Gasteiger partial charge < -0.3 is 5.32 Å². The third-order valence-corrected chi connectivity index (χ3v) is 2.91. The fourth-order valence-electron chi connectivity index (χ4n) is 1.24. The number of aromatic nitrogens is 2. The first-order valence-electron chi connectivity index (χ1n) is 5.60. The molecule has 1 rings (SSSR count). The first-order chi connectivity index (χ1) is 7.11. The first kappa shape index (κ1) is 12.1. The van der Waals surface area contributed by atoms with Gasteiger partial charge in [-0.3, -0.25) is 9.97 Å². The van der Waals surface area contributed by atoms with E-state index in [9.17, 15) is 0 Å². The lowest BCUT2D eigenvalue weighted by atomic mass is 9.98. The largest absolute Gasteiger partial charge is 0.309 e. The molecule has 0 saturated carbocycles. The lowest BCUT2D eigenvalue weighted by molar-refractivity contribution is 0.373. The summed E-state index contributed by atoms with van der Waals surface area (Å²) in [4.78, 5) is 8.34. The maximum Gasteiger partial charge on any atom is 0.0753 e. The van der Waals surface area contributed by atoms with Gasteiger partial charge >= 0.3 is 0 Å². The molecule has 1 heterocycles. The maximum absolute atomic E-state index is 4.28. The Balaban J connectivity index is 2.40. The molecule has 0 aliphatic carbocycles. The van der Waals surface area contributed by atoms with Crippen LogP contribution in [0.25, 0.3) is 0 Å². The normalized spacial score (nSPS) is 15.3. The molecule has 15 heavy (non-hydrogen) atoms. The molecule has 0 saturated heterocycles. The molecule has 0 aromatic carbocycles. The van der Waals surface area contributed by atoms with Crippen molar-refractivity contribution in [3.63, 3.8) is 0 Å². The third kappa shape index (κ3) is 3.96. The molecule has 3 nitrogen and oxygen atoms in total. The highest BCUT2D eigenvalue weighted by Gasteiger charge is 2.10. The predicted octanol–water partition coefficient (Wildman–Crippen LogP) is 2.42. The molecule has 0 spiro atoms. The quantitative estimate of drug-likeness (QED) is 0.805. The molecule has 1 aromatic rings. The lowest BCUT2D eigenvalue weighted by Gasteiger charge is -2.19. The van der Waals surface area contributed by atoms with Crippen molar-refractivity contribution in [1.29, 1.82) is 0 Å². The summed E-state index contributed by atoms with van der Waals surface area (Å²) in [6.07, 6.45) is 5.25. The number of nitrogens with one attached hydrogen (secondary N) is 1. The molecule has 2 unspecified atom stereocenters. The lowest BCUT2D eigenvalue weighted by Crippen LogP contribution is -2.27. The van der Waals surface area contributed by atoms with Gasteiger partial charge in [-0.2, -0.15) is 0 Å². The van der Waals surface area contributed by atoms with E-state index in [1.807, 2.05) is 6.20 Å². The Morgan fingerprint density at radius 1 is 1.20 bits per heavy atom. The Kier molecular flexibility index (Phi) is 4.69. The van der Waals surface area contributed by atoms with Crippen molar-refractivity contribution in [3.05, 3.63) is 24.3 Å². The molecule has 3 heteroatoms. The maximum atomic E-state index is 4.28. The fraction of sp³-hybridized carbons (Fsp3) is 0.667. The minimum atomic E-state index is 0.278. The molecule has 1 N–H and O–H groups in total. The molecule has 84 valence electrons. The number of nitrogens with zero attached hydrogens (tertiary/aromatic N) is 2. The van der Waals surface area contributed by atoms with Crippen molar-refractivity contribution in [2.45, 2.75) is 33.7 Å². The van der Waals surface area contributed by atoms with Crippen molar-refractivity contribution in [2.75, 3.05) is 6.54 Å². The van der Waals surface area contributed by atoms with E-state index >= 15 is 0 Å². The molecule has 2 atom stereocenters. The minimum absolute atomic E-state index is 0.278. The van der Waals surface area contributed by atoms with Gasteiger partial charge in [-0.25, -0.2) is 0 Å². The summed E-state index contributed by atoms with van der Waals surface area (Å²) >= 11 is 0. The summed E-state index contributed by atoms with van der Waals surface area (Å²) in [5.74, 6) is 1.40. The van der Waals surface area contributed by atoms with E-state index in [0.29, 0.717) is 11.8 Å². The van der Waals surface area contributed by atoms with Crippen LogP contribution in [0.2, 0.25) is 0 Å². The van der Waals surface area contributed by atoms with Crippen LogP contribution in [0, 0.1) is 11.8 Å². The molecule has 0 aliphatic heterocycles. The van der Waals surface area contributed by atoms with E-state index in [0.717, 1.165) is 12.2 Å². The Hall–Kier alpha value is -0.960. The zero-order chi connectivity index (χ0) is 11.3. The zero-order valence-electron chi connectivity index (χ0n) is 10.1. The van der Waals surface area contributed by atoms with E-state index < -0.39 is 0 Å². The summed E-state index contributed by atoms with van der Waals surface area (Å²) in [7, 11) is 0. The molecular weight excluding hydrogens is 186 g/mol. The zero-order valence-corrected chi connectivity index (χ0v) is 10.1. The van der Waals surface area contributed by atoms with Gasteiger partial charge in [0.15, 0.2) is 0 Å². The summed E-state index contributed by atoms with van der Waals surface area (Å²) in [6, 6.07) is 0.278. The Labute approximate surface area is 92.3 Å². The molecule has 0 fully saturated rings. The number of hydrogen-bond donors (Lipinski definition) is 1. The average Bonchev–Trinajstić information content (AvgIpc) is 2.26. The van der Waals surface area contributed by atoms with Crippen LogP contribution in [-0.4, -0.2) is 16.5 Å². The molecule has 0 bridgehead atoms. The fourth-order valence-corrected chi connectivity index (χ4v) is 1.24. The van der Waals surface area contributed by atoms with Crippen LogP contribution >= 0.6 is 0 Å². The molecule has 0 aliphatic rings. The second kappa shape index (κ2) is 5.81. The van der Waals surface area contributed by atoms with Crippen molar-refractivity contribution in [1.82, 2.24) is 15.3 Å². The van der Waals surface area contributed by atoms with Crippen molar-refractivity contribution < 1.29 is 0 Å². The topological polar surface area (TPSA) is 37.8 Å². The minimum Gasteiger partial charge on any atom is -0.309 e. The van der Waals surface area contributed by atoms with Crippen LogP contribution in [0.1, 0.15) is 39.4 Å². The van der Waals surface area contributed by atoms with Crippen molar-refractivity contribution in [3.8, 4) is 0 Å². The monoisotopic (exact) mass is 207 g/mol. The van der Waals surface area contributed by atoms with Gasteiger partial charge in [-0.05, 0) is 25.3 Å². The Morgan fingerprint density at radius 3 is 2.47 bits per heavy atom. The van der Waals surface area contributed by atoms with Gasteiger partial charge in [0.05, 0.1) is 5.69 Å². The summed E-state index contributed by atoms with van der Waals surface area (Å²) < 4.78 is 0. The highest BCUT2D eigenvalue weighted by Crippen LogP contribution is 2.11.